The summed E-state index contributed by atoms with van der Waals surface area (Å²) in [7, 11) is 2.04. The Morgan fingerprint density at radius 2 is 1.79 bits per heavy atom. The van der Waals surface area contributed by atoms with Crippen molar-refractivity contribution in [3.05, 3.63) is 107 Å². The van der Waals surface area contributed by atoms with E-state index in [0.717, 1.165) is 29.8 Å². The van der Waals surface area contributed by atoms with Gasteiger partial charge in [0.2, 0.25) is 5.95 Å². The second-order valence-corrected chi connectivity index (χ2v) is 10.6. The minimum absolute atomic E-state index is 0.109. The molecule has 0 spiro atoms. The van der Waals surface area contributed by atoms with Gasteiger partial charge in [-0.2, -0.15) is 0 Å². The molecule has 3 N–H and O–H groups in total. The molecule has 11 heteroatoms. The van der Waals surface area contributed by atoms with E-state index in [9.17, 15) is 9.18 Å². The second-order valence-electron chi connectivity index (χ2n) is 10.2. The highest BCUT2D eigenvalue weighted by molar-refractivity contribution is 6.69. The molecule has 1 aliphatic carbocycles. The van der Waals surface area contributed by atoms with E-state index >= 15 is 0 Å². The van der Waals surface area contributed by atoms with Crippen LogP contribution in [0, 0.1) is 11.2 Å². The summed E-state index contributed by atoms with van der Waals surface area (Å²) in [6, 6.07) is 13.5. The molecule has 2 aromatic carbocycles. The van der Waals surface area contributed by atoms with Crippen molar-refractivity contribution in [1.82, 2.24) is 25.1 Å². The van der Waals surface area contributed by atoms with Gasteiger partial charge in [-0.05, 0) is 61.0 Å². The van der Waals surface area contributed by atoms with Crippen molar-refractivity contribution in [3.8, 4) is 0 Å². The fourth-order valence-electron chi connectivity index (χ4n) is 5.07. The molecule has 0 unspecified atom stereocenters. The average molecular weight is 583 g/mol. The quantitative estimate of drug-likeness (QED) is 0.300. The lowest BCUT2D eigenvalue weighted by Crippen LogP contribution is -2.52. The number of hydrogen-bond donors (Lipinski definition) is 3. The smallest absolute Gasteiger partial charge is 0.257 e. The Labute approximate surface area is 247 Å². The van der Waals surface area contributed by atoms with Crippen molar-refractivity contribution in [2.45, 2.75) is 6.42 Å². The number of carbonyl (C=O) groups excluding carboxylic acids is 1. The van der Waals surface area contributed by atoms with Crippen molar-refractivity contribution in [3.63, 3.8) is 0 Å². The van der Waals surface area contributed by atoms with Crippen LogP contribution >= 0.6 is 11.6 Å². The third kappa shape index (κ3) is 5.72. The number of hydrogen-bond acceptors (Lipinski definition) is 7. The first-order valence-corrected chi connectivity index (χ1v) is 13.9. The van der Waals surface area contributed by atoms with Crippen molar-refractivity contribution in [2.75, 3.05) is 38.5 Å². The topological polar surface area (TPSA) is 110 Å². The molecular formula is C31H28ClFN8O. The molecule has 1 fully saturated rings. The Kier molecular flexibility index (Phi) is 7.64. The number of nitrogens with zero attached hydrogens (tertiary/aromatic N) is 5. The number of amides is 1. The standard InChI is InChI=1S/C31H28ClFN8O/c1-40-12-14-41(15-13-40)30(34)39-29(42)19-6-9-21(10-7-19)37-31-36-17-20-8-11-22-24(23-4-2-3-5-26(23)33)16-27(32)35-18-25(22)28(20)38-31/h2-7,9-11,16-18H,8,12-15H2,1H3,(H2,34,39,42)(H,36,37,38). The molecule has 0 saturated carbocycles. The predicted octanol–water partition coefficient (Wildman–Crippen LogP) is 4.83. The third-order valence-electron chi connectivity index (χ3n) is 7.43. The Morgan fingerprint density at radius 3 is 2.55 bits per heavy atom. The summed E-state index contributed by atoms with van der Waals surface area (Å²) >= 11 is 6.35. The number of piperazine rings is 1. The van der Waals surface area contributed by atoms with E-state index in [1.165, 1.54) is 6.07 Å². The Balaban J connectivity index is 1.18. The molecule has 1 amide bonds. The molecule has 3 aromatic rings. The van der Waals surface area contributed by atoms with Gasteiger partial charge in [-0.3, -0.25) is 15.5 Å². The highest BCUT2D eigenvalue weighted by atomic mass is 35.5. The summed E-state index contributed by atoms with van der Waals surface area (Å²) in [5, 5.41) is 14.4. The minimum Gasteiger partial charge on any atom is -0.340 e. The van der Waals surface area contributed by atoms with Crippen LogP contribution in [0.5, 0.6) is 0 Å². The SMILES string of the molecule is CN1CCN(C(=N)NC(=O)c2ccc(Nc3ncc4c(n3)C3=CN=C(Cl)C=C(c5ccccc5F)C3=CC4)cc2)CC1. The van der Waals surface area contributed by atoms with E-state index in [1.807, 2.05) is 18.0 Å². The van der Waals surface area contributed by atoms with Gasteiger partial charge in [-0.15, -0.1) is 0 Å². The van der Waals surface area contributed by atoms with Crippen LogP contribution in [0.15, 0.2) is 83.6 Å². The van der Waals surface area contributed by atoms with Crippen LogP contribution in [0.4, 0.5) is 16.0 Å². The first-order chi connectivity index (χ1) is 20.4. The van der Waals surface area contributed by atoms with E-state index in [0.29, 0.717) is 53.5 Å². The maximum Gasteiger partial charge on any atom is 0.257 e. The van der Waals surface area contributed by atoms with Crippen LogP contribution in [0.1, 0.15) is 27.2 Å². The lowest BCUT2D eigenvalue weighted by Gasteiger charge is -2.33. The number of carbonyl (C=O) groups is 1. The Bertz CT molecular complexity index is 1690. The fourth-order valence-corrected chi connectivity index (χ4v) is 5.23. The van der Waals surface area contributed by atoms with Gasteiger partial charge >= 0.3 is 0 Å². The van der Waals surface area contributed by atoms with Gasteiger partial charge in [-0.25, -0.2) is 19.4 Å². The molecule has 0 radical (unpaired) electrons. The van der Waals surface area contributed by atoms with Crippen LogP contribution in [0.3, 0.4) is 0 Å². The number of nitrogens with one attached hydrogen (secondary N) is 3. The number of guanidine groups is 1. The number of halogens is 2. The zero-order valence-electron chi connectivity index (χ0n) is 22.9. The lowest BCUT2D eigenvalue weighted by molar-refractivity contribution is 0.0968. The zero-order chi connectivity index (χ0) is 29.2. The normalized spacial score (nSPS) is 16.6. The summed E-state index contributed by atoms with van der Waals surface area (Å²) in [5.74, 6) is -0.217. The predicted molar refractivity (Wildman–Crippen MR) is 163 cm³/mol. The molecule has 6 rings (SSSR count). The third-order valence-corrected chi connectivity index (χ3v) is 7.63. The summed E-state index contributed by atoms with van der Waals surface area (Å²) in [5.41, 5.74) is 5.31. The molecule has 0 atom stereocenters. The number of aliphatic imine (C=N–C) groups is 1. The number of allylic oxidation sites excluding steroid dienone is 5. The van der Waals surface area contributed by atoms with Crippen LogP contribution in [-0.4, -0.2) is 70.0 Å². The van der Waals surface area contributed by atoms with Gasteiger partial charge in [0.1, 0.15) is 11.0 Å². The molecular weight excluding hydrogens is 555 g/mol. The Hall–Kier alpha value is -4.67. The van der Waals surface area contributed by atoms with Crippen LogP contribution < -0.4 is 10.6 Å². The molecule has 2 aliphatic heterocycles. The number of benzene rings is 2. The molecule has 0 bridgehead atoms. The average Bonchev–Trinajstić information content (AvgIpc) is 3.16. The van der Waals surface area contributed by atoms with Crippen molar-refractivity contribution < 1.29 is 9.18 Å². The first kappa shape index (κ1) is 27.5. The highest BCUT2D eigenvalue weighted by Gasteiger charge is 2.26. The maximum atomic E-state index is 14.8. The largest absolute Gasteiger partial charge is 0.340 e. The molecule has 1 aromatic heterocycles. The molecule has 42 heavy (non-hydrogen) atoms. The Morgan fingerprint density at radius 1 is 1.02 bits per heavy atom. The lowest BCUT2D eigenvalue weighted by atomic mass is 9.85. The van der Waals surface area contributed by atoms with Gasteiger partial charge in [0.25, 0.3) is 5.91 Å². The van der Waals surface area contributed by atoms with E-state index in [2.05, 4.69) is 25.5 Å². The van der Waals surface area contributed by atoms with Gasteiger partial charge in [0.15, 0.2) is 5.96 Å². The number of anilines is 2. The first-order valence-electron chi connectivity index (χ1n) is 13.5. The number of rotatable bonds is 4. The van der Waals surface area contributed by atoms with Gasteiger partial charge < -0.3 is 15.1 Å². The van der Waals surface area contributed by atoms with Crippen LogP contribution in [0.2, 0.25) is 0 Å². The molecule has 212 valence electrons. The van der Waals surface area contributed by atoms with E-state index in [-0.39, 0.29) is 22.9 Å². The minimum atomic E-state index is -0.348. The van der Waals surface area contributed by atoms with Crippen molar-refractivity contribution >= 4 is 51.4 Å². The molecule has 3 heterocycles. The number of fused-ring (bicyclic) bond motifs is 3. The zero-order valence-corrected chi connectivity index (χ0v) is 23.6. The van der Waals surface area contributed by atoms with E-state index < -0.39 is 0 Å². The van der Waals surface area contributed by atoms with Crippen molar-refractivity contribution in [1.29, 1.82) is 5.41 Å². The molecule has 3 aliphatic rings. The molecule has 9 nitrogen and oxygen atoms in total. The summed E-state index contributed by atoms with van der Waals surface area (Å²) < 4.78 is 14.8. The van der Waals surface area contributed by atoms with Crippen LogP contribution in [0.25, 0.3) is 11.1 Å². The molecule has 1 saturated heterocycles. The van der Waals surface area contributed by atoms with Gasteiger partial charge in [-0.1, -0.05) is 35.9 Å². The van der Waals surface area contributed by atoms with E-state index in [1.54, 1.807) is 60.9 Å². The van der Waals surface area contributed by atoms with Crippen LogP contribution in [-0.2, 0) is 6.42 Å². The number of aromatic nitrogens is 2. The van der Waals surface area contributed by atoms with Gasteiger partial charge in [0.05, 0.1) is 5.69 Å². The second kappa shape index (κ2) is 11.7. The van der Waals surface area contributed by atoms with E-state index in [4.69, 9.17) is 22.0 Å². The highest BCUT2D eigenvalue weighted by Crippen LogP contribution is 2.40. The summed E-state index contributed by atoms with van der Waals surface area (Å²) in [6.45, 7) is 3.10. The monoisotopic (exact) mass is 582 g/mol. The number of likely N-dealkylation sites (N-methyl/N-ethyl adjacent to an activating group) is 1. The maximum absolute atomic E-state index is 14.8. The van der Waals surface area contributed by atoms with Crippen molar-refractivity contribution in [2.24, 2.45) is 4.99 Å². The van der Waals surface area contributed by atoms with Gasteiger partial charge in [0, 0.05) is 66.5 Å². The summed E-state index contributed by atoms with van der Waals surface area (Å²) in [6.07, 6.45) is 7.67. The fraction of sp³-hybridized carbons (Fsp3) is 0.194. The summed E-state index contributed by atoms with van der Waals surface area (Å²) in [4.78, 5) is 30.4.